The van der Waals surface area contributed by atoms with Crippen LogP contribution in [0.3, 0.4) is 0 Å². The number of hydrogen-bond acceptors (Lipinski definition) is 5. The third-order valence-corrected chi connectivity index (χ3v) is 5.48. The topological polar surface area (TPSA) is 111 Å². The first-order valence-electron chi connectivity index (χ1n) is 11.2. The summed E-state index contributed by atoms with van der Waals surface area (Å²) >= 11 is 0. The second kappa shape index (κ2) is 11.3. The number of hydrogen-bond donors (Lipinski definition) is 2. The number of carboxylic acids is 1. The van der Waals surface area contributed by atoms with E-state index in [0.29, 0.717) is 11.8 Å². The maximum absolute atomic E-state index is 13.1. The molecule has 3 aromatic rings. The zero-order valence-electron chi connectivity index (χ0n) is 18.9. The third kappa shape index (κ3) is 5.77. The number of anilines is 1. The molecule has 0 aliphatic carbocycles. The largest absolute Gasteiger partial charge is 0.478 e. The Bertz CT molecular complexity index is 1140. The highest BCUT2D eigenvalue weighted by molar-refractivity contribution is 6.18. The number of benzene rings is 2. The van der Waals surface area contributed by atoms with Crippen LogP contribution in [-0.2, 0) is 9.53 Å². The number of nitrogens with one attached hydrogen (secondary N) is 1. The third-order valence-electron chi connectivity index (χ3n) is 5.48. The second-order valence-corrected chi connectivity index (χ2v) is 7.79. The van der Waals surface area contributed by atoms with E-state index in [1.54, 1.807) is 35.9 Å². The Morgan fingerprint density at radius 1 is 1.09 bits per heavy atom. The second-order valence-electron chi connectivity index (χ2n) is 7.79. The number of imidazole rings is 1. The monoisotopic (exact) mass is 451 g/mol. The van der Waals surface area contributed by atoms with Crippen LogP contribution >= 0.6 is 0 Å². The summed E-state index contributed by atoms with van der Waals surface area (Å²) in [5.74, 6) is -1.88. The standard InChI is InChI=1S/C25H29N3O5/c1-3-5-6-7-12-20(25(32)33-4-2)28-15-21(26-16-28)27-23(29)22-18-11-9-8-10-17(18)13-14-19(22)24(30)31/h8-11,13-16,20H,3-7,12H2,1-2H3,(H,27,29)(H,30,31). The summed E-state index contributed by atoms with van der Waals surface area (Å²) in [6.07, 6.45) is 7.74. The molecule has 1 aromatic heterocycles. The normalized spacial score (nSPS) is 11.8. The van der Waals surface area contributed by atoms with Crippen LogP contribution in [0.2, 0.25) is 0 Å². The fourth-order valence-corrected chi connectivity index (χ4v) is 3.84. The maximum Gasteiger partial charge on any atom is 0.336 e. The summed E-state index contributed by atoms with van der Waals surface area (Å²) in [6.45, 7) is 4.16. The van der Waals surface area contributed by atoms with Gasteiger partial charge in [0.15, 0.2) is 5.82 Å². The van der Waals surface area contributed by atoms with E-state index < -0.39 is 17.9 Å². The highest BCUT2D eigenvalue weighted by Crippen LogP contribution is 2.25. The van der Waals surface area contributed by atoms with Gasteiger partial charge >= 0.3 is 11.9 Å². The molecular formula is C25H29N3O5. The number of amides is 1. The Morgan fingerprint density at radius 3 is 2.61 bits per heavy atom. The molecule has 8 heteroatoms. The molecule has 0 saturated carbocycles. The van der Waals surface area contributed by atoms with Crippen molar-refractivity contribution in [1.29, 1.82) is 0 Å². The molecule has 33 heavy (non-hydrogen) atoms. The van der Waals surface area contributed by atoms with Crippen molar-refractivity contribution in [1.82, 2.24) is 9.55 Å². The summed E-state index contributed by atoms with van der Waals surface area (Å²) in [6, 6.07) is 9.66. The molecule has 0 bridgehead atoms. The fourth-order valence-electron chi connectivity index (χ4n) is 3.84. The predicted octanol–water partition coefficient (Wildman–Crippen LogP) is 5.06. The molecule has 1 atom stereocenters. The molecule has 0 spiro atoms. The smallest absolute Gasteiger partial charge is 0.336 e. The van der Waals surface area contributed by atoms with Crippen LogP contribution in [0.15, 0.2) is 48.9 Å². The van der Waals surface area contributed by atoms with E-state index in [2.05, 4.69) is 17.2 Å². The zero-order chi connectivity index (χ0) is 23.8. The molecule has 8 nitrogen and oxygen atoms in total. The fraction of sp³-hybridized carbons (Fsp3) is 0.360. The molecule has 0 aliphatic rings. The van der Waals surface area contributed by atoms with Crippen molar-refractivity contribution in [2.75, 3.05) is 11.9 Å². The number of nitrogens with zero attached hydrogens (tertiary/aromatic N) is 2. The molecule has 1 heterocycles. The van der Waals surface area contributed by atoms with Gasteiger partial charge in [-0.3, -0.25) is 4.79 Å². The van der Waals surface area contributed by atoms with Crippen molar-refractivity contribution >= 4 is 34.4 Å². The lowest BCUT2D eigenvalue weighted by molar-refractivity contribution is -0.147. The summed E-state index contributed by atoms with van der Waals surface area (Å²) < 4.78 is 6.86. The number of rotatable bonds is 11. The van der Waals surface area contributed by atoms with Crippen molar-refractivity contribution in [3.05, 3.63) is 60.0 Å². The SMILES string of the molecule is CCCCCCC(C(=O)OCC)n1cnc(NC(=O)c2c(C(=O)O)ccc3ccccc23)c1. The van der Waals surface area contributed by atoms with Gasteiger partial charge < -0.3 is 19.7 Å². The van der Waals surface area contributed by atoms with E-state index in [1.807, 2.05) is 12.1 Å². The van der Waals surface area contributed by atoms with Gasteiger partial charge in [0.25, 0.3) is 5.91 Å². The summed E-state index contributed by atoms with van der Waals surface area (Å²) in [5.41, 5.74) is -0.0254. The van der Waals surface area contributed by atoms with Crippen LogP contribution in [0.1, 0.15) is 72.7 Å². The minimum absolute atomic E-state index is 0.0664. The predicted molar refractivity (Wildman–Crippen MR) is 126 cm³/mol. The Morgan fingerprint density at radius 2 is 1.88 bits per heavy atom. The average molecular weight is 452 g/mol. The van der Waals surface area contributed by atoms with Gasteiger partial charge in [0.2, 0.25) is 0 Å². The van der Waals surface area contributed by atoms with Gasteiger partial charge in [-0.1, -0.05) is 62.9 Å². The van der Waals surface area contributed by atoms with Gasteiger partial charge in [-0.15, -0.1) is 0 Å². The number of carboxylic acid groups (broad SMARTS) is 1. The van der Waals surface area contributed by atoms with E-state index in [4.69, 9.17) is 4.74 Å². The number of ether oxygens (including phenoxy) is 1. The Hall–Kier alpha value is -3.68. The summed E-state index contributed by atoms with van der Waals surface area (Å²) in [5, 5.41) is 13.6. The molecule has 174 valence electrons. The summed E-state index contributed by atoms with van der Waals surface area (Å²) in [7, 11) is 0. The minimum atomic E-state index is -1.19. The van der Waals surface area contributed by atoms with E-state index in [0.717, 1.165) is 31.1 Å². The van der Waals surface area contributed by atoms with Gasteiger partial charge in [0, 0.05) is 6.20 Å². The van der Waals surface area contributed by atoms with Crippen LogP contribution in [0, 0.1) is 0 Å². The number of carbonyl (C=O) groups is 3. The average Bonchev–Trinajstić information content (AvgIpc) is 3.26. The highest BCUT2D eigenvalue weighted by Gasteiger charge is 2.24. The van der Waals surface area contributed by atoms with E-state index >= 15 is 0 Å². The molecule has 3 rings (SSSR count). The highest BCUT2D eigenvalue weighted by atomic mass is 16.5. The number of carbonyl (C=O) groups excluding carboxylic acids is 2. The lowest BCUT2D eigenvalue weighted by Crippen LogP contribution is -2.21. The first-order chi connectivity index (χ1) is 16.0. The molecule has 1 unspecified atom stereocenters. The van der Waals surface area contributed by atoms with Crippen molar-refractivity contribution < 1.29 is 24.2 Å². The summed E-state index contributed by atoms with van der Waals surface area (Å²) in [4.78, 5) is 41.6. The minimum Gasteiger partial charge on any atom is -0.478 e. The van der Waals surface area contributed by atoms with Crippen LogP contribution in [0.25, 0.3) is 10.8 Å². The molecule has 2 N–H and O–H groups in total. The number of aromatic nitrogens is 2. The van der Waals surface area contributed by atoms with Gasteiger partial charge in [-0.2, -0.15) is 0 Å². The molecule has 2 aromatic carbocycles. The lowest BCUT2D eigenvalue weighted by atomic mass is 9.98. The molecule has 0 fully saturated rings. The number of unbranched alkanes of at least 4 members (excludes halogenated alkanes) is 3. The number of esters is 1. The number of fused-ring (bicyclic) bond motifs is 1. The first kappa shape index (κ1) is 24.0. The van der Waals surface area contributed by atoms with Crippen LogP contribution < -0.4 is 5.32 Å². The molecular weight excluding hydrogens is 422 g/mol. The van der Waals surface area contributed by atoms with Gasteiger partial charge in [0.05, 0.1) is 24.1 Å². The Labute approximate surface area is 192 Å². The molecule has 0 saturated heterocycles. The van der Waals surface area contributed by atoms with Crippen LogP contribution in [0.4, 0.5) is 5.82 Å². The molecule has 1 amide bonds. The number of aromatic carboxylic acids is 1. The van der Waals surface area contributed by atoms with Crippen molar-refractivity contribution in [2.24, 2.45) is 0 Å². The van der Waals surface area contributed by atoms with E-state index in [1.165, 1.54) is 12.4 Å². The van der Waals surface area contributed by atoms with Gasteiger partial charge in [0.1, 0.15) is 6.04 Å². The maximum atomic E-state index is 13.1. The van der Waals surface area contributed by atoms with Gasteiger partial charge in [-0.05, 0) is 30.2 Å². The zero-order valence-corrected chi connectivity index (χ0v) is 18.9. The lowest BCUT2D eigenvalue weighted by Gasteiger charge is -2.16. The van der Waals surface area contributed by atoms with Crippen molar-refractivity contribution in [3.8, 4) is 0 Å². The van der Waals surface area contributed by atoms with Crippen molar-refractivity contribution in [2.45, 2.75) is 52.0 Å². The molecule has 0 radical (unpaired) electrons. The van der Waals surface area contributed by atoms with Crippen LogP contribution in [0.5, 0.6) is 0 Å². The van der Waals surface area contributed by atoms with E-state index in [-0.39, 0.29) is 29.5 Å². The Kier molecular flexibility index (Phi) is 8.18. The van der Waals surface area contributed by atoms with Gasteiger partial charge in [-0.25, -0.2) is 14.6 Å². The Balaban J connectivity index is 1.84. The molecule has 0 aliphatic heterocycles. The van der Waals surface area contributed by atoms with Crippen LogP contribution in [-0.4, -0.2) is 39.1 Å². The first-order valence-corrected chi connectivity index (χ1v) is 11.2. The quantitative estimate of drug-likeness (QED) is 0.311. The van der Waals surface area contributed by atoms with Crippen molar-refractivity contribution in [3.63, 3.8) is 0 Å². The van der Waals surface area contributed by atoms with E-state index in [9.17, 15) is 19.5 Å².